The quantitative estimate of drug-likeness (QED) is 0.512. The van der Waals surface area contributed by atoms with Crippen LogP contribution in [-0.4, -0.2) is 52.9 Å². The minimum Gasteiger partial charge on any atom is -0.381 e. The molecule has 0 aromatic rings. The molecule has 2 rings (SSSR count). The number of hydrogen-bond acceptors (Lipinski definition) is 4. The minimum absolute atomic E-state index is 0.269. The molecule has 4 nitrogen and oxygen atoms in total. The van der Waals surface area contributed by atoms with Crippen molar-refractivity contribution in [1.29, 1.82) is 0 Å². The molecule has 0 saturated carbocycles. The monoisotopic (exact) mass is 328 g/mol. The van der Waals surface area contributed by atoms with E-state index in [2.05, 4.69) is 27.7 Å². The molecular weight excluding hydrogens is 292 g/mol. The van der Waals surface area contributed by atoms with Crippen molar-refractivity contribution >= 4 is 0 Å². The maximum absolute atomic E-state index is 5.93. The van der Waals surface area contributed by atoms with Crippen LogP contribution in [0.1, 0.15) is 53.4 Å². The van der Waals surface area contributed by atoms with Crippen molar-refractivity contribution in [3.8, 4) is 0 Å². The van der Waals surface area contributed by atoms with E-state index in [-0.39, 0.29) is 5.41 Å². The molecule has 0 radical (unpaired) electrons. The van der Waals surface area contributed by atoms with Crippen LogP contribution in [0.3, 0.4) is 0 Å². The molecule has 2 aliphatic heterocycles. The zero-order chi connectivity index (χ0) is 16.8. The average molecular weight is 328 g/mol. The van der Waals surface area contributed by atoms with Crippen LogP contribution in [0.4, 0.5) is 0 Å². The van der Waals surface area contributed by atoms with Gasteiger partial charge < -0.3 is 18.9 Å². The molecule has 2 aliphatic rings. The van der Waals surface area contributed by atoms with Gasteiger partial charge in [-0.05, 0) is 31.1 Å². The summed E-state index contributed by atoms with van der Waals surface area (Å²) in [6.45, 7) is 15.9. The average Bonchev–Trinajstić information content (AvgIpc) is 2.44. The molecule has 136 valence electrons. The van der Waals surface area contributed by atoms with Crippen molar-refractivity contribution < 1.29 is 18.9 Å². The normalized spacial score (nSPS) is 22.4. The molecule has 2 saturated heterocycles. The van der Waals surface area contributed by atoms with Gasteiger partial charge in [0.25, 0.3) is 0 Å². The zero-order valence-corrected chi connectivity index (χ0v) is 15.6. The van der Waals surface area contributed by atoms with E-state index in [1.807, 2.05) is 0 Å². The number of rotatable bonds is 12. The molecule has 2 heterocycles. The first-order valence-electron chi connectivity index (χ1n) is 9.26. The van der Waals surface area contributed by atoms with Gasteiger partial charge in [-0.25, -0.2) is 0 Å². The Morgan fingerprint density at radius 2 is 1.17 bits per heavy atom. The van der Waals surface area contributed by atoms with Crippen LogP contribution in [0.2, 0.25) is 0 Å². The Kier molecular flexibility index (Phi) is 6.90. The topological polar surface area (TPSA) is 36.9 Å². The fourth-order valence-corrected chi connectivity index (χ4v) is 2.96. The summed E-state index contributed by atoms with van der Waals surface area (Å²) in [7, 11) is 0. The highest BCUT2D eigenvalue weighted by Crippen LogP contribution is 2.33. The predicted molar refractivity (Wildman–Crippen MR) is 91.7 cm³/mol. The summed E-state index contributed by atoms with van der Waals surface area (Å²) in [5.41, 5.74) is 0.865. The van der Waals surface area contributed by atoms with Crippen molar-refractivity contribution in [2.24, 2.45) is 16.2 Å². The lowest BCUT2D eigenvalue weighted by Gasteiger charge is -2.41. The Balaban J connectivity index is 1.53. The van der Waals surface area contributed by atoms with Crippen LogP contribution < -0.4 is 0 Å². The minimum atomic E-state index is 0.269. The van der Waals surface area contributed by atoms with Gasteiger partial charge in [-0.15, -0.1) is 0 Å². The van der Waals surface area contributed by atoms with Crippen LogP contribution in [0.5, 0.6) is 0 Å². The lowest BCUT2D eigenvalue weighted by atomic mass is 9.83. The second kappa shape index (κ2) is 8.28. The van der Waals surface area contributed by atoms with Crippen molar-refractivity contribution in [2.45, 2.75) is 53.4 Å². The SMILES string of the molecule is CCC1(COCCC(C)(C)CCOCC2(CC)COC2)COC1. The van der Waals surface area contributed by atoms with Gasteiger partial charge in [-0.1, -0.05) is 27.7 Å². The molecule has 4 heteroatoms. The standard InChI is InChI=1S/C19H36O4/c1-5-18(13-22-14-18)11-20-9-7-17(3,4)8-10-21-12-19(6-2)15-23-16-19/h5-16H2,1-4H3. The van der Waals surface area contributed by atoms with Crippen molar-refractivity contribution in [1.82, 2.24) is 0 Å². The predicted octanol–water partition coefficient (Wildman–Crippen LogP) is 3.68. The Hall–Kier alpha value is -0.160. The van der Waals surface area contributed by atoms with E-state index in [1.165, 1.54) is 0 Å². The van der Waals surface area contributed by atoms with E-state index in [1.54, 1.807) is 0 Å². The number of hydrogen-bond donors (Lipinski definition) is 0. The van der Waals surface area contributed by atoms with Crippen molar-refractivity contribution in [3.63, 3.8) is 0 Å². The van der Waals surface area contributed by atoms with Gasteiger partial charge in [0.15, 0.2) is 0 Å². The summed E-state index contributed by atoms with van der Waals surface area (Å²) in [6.07, 6.45) is 4.46. The fourth-order valence-electron chi connectivity index (χ4n) is 2.96. The van der Waals surface area contributed by atoms with Crippen LogP contribution in [0.25, 0.3) is 0 Å². The first-order chi connectivity index (χ1) is 10.9. The van der Waals surface area contributed by atoms with Gasteiger partial charge in [0.05, 0.1) is 39.6 Å². The molecule has 0 bridgehead atoms. The lowest BCUT2D eigenvalue weighted by molar-refractivity contribution is -0.153. The van der Waals surface area contributed by atoms with Gasteiger partial charge in [-0.2, -0.15) is 0 Å². The highest BCUT2D eigenvalue weighted by atomic mass is 16.5. The second-order valence-corrected chi connectivity index (χ2v) is 8.46. The first kappa shape index (κ1) is 19.2. The largest absolute Gasteiger partial charge is 0.381 e. The summed E-state index contributed by atoms with van der Waals surface area (Å²) in [6, 6.07) is 0. The molecule has 0 spiro atoms. The molecule has 2 fully saturated rings. The van der Waals surface area contributed by atoms with Crippen LogP contribution in [0.15, 0.2) is 0 Å². The summed E-state index contributed by atoms with van der Waals surface area (Å²) >= 11 is 0. The molecule has 23 heavy (non-hydrogen) atoms. The third-order valence-corrected chi connectivity index (χ3v) is 5.80. The fraction of sp³-hybridized carbons (Fsp3) is 1.00. The summed E-state index contributed by atoms with van der Waals surface area (Å²) in [4.78, 5) is 0. The van der Waals surface area contributed by atoms with Gasteiger partial charge in [0.2, 0.25) is 0 Å². The van der Waals surface area contributed by atoms with E-state index < -0.39 is 0 Å². The van der Waals surface area contributed by atoms with E-state index in [0.29, 0.717) is 10.8 Å². The molecule has 0 unspecified atom stereocenters. The Morgan fingerprint density at radius 1 is 0.783 bits per heavy atom. The highest BCUT2D eigenvalue weighted by molar-refractivity contribution is 4.85. The van der Waals surface area contributed by atoms with Crippen LogP contribution >= 0.6 is 0 Å². The third-order valence-electron chi connectivity index (χ3n) is 5.80. The van der Waals surface area contributed by atoms with Gasteiger partial charge >= 0.3 is 0 Å². The van der Waals surface area contributed by atoms with Gasteiger partial charge in [0.1, 0.15) is 0 Å². The van der Waals surface area contributed by atoms with Crippen LogP contribution in [0, 0.1) is 16.2 Å². The molecule has 0 atom stereocenters. The summed E-state index contributed by atoms with van der Waals surface area (Å²) in [5.74, 6) is 0. The Morgan fingerprint density at radius 3 is 1.43 bits per heavy atom. The summed E-state index contributed by atoms with van der Waals surface area (Å²) < 4.78 is 22.5. The first-order valence-corrected chi connectivity index (χ1v) is 9.26. The summed E-state index contributed by atoms with van der Waals surface area (Å²) in [5, 5.41) is 0. The smallest absolute Gasteiger partial charge is 0.0566 e. The van der Waals surface area contributed by atoms with Gasteiger partial charge in [0, 0.05) is 24.0 Å². The Bertz CT molecular complexity index is 302. The zero-order valence-electron chi connectivity index (χ0n) is 15.6. The van der Waals surface area contributed by atoms with E-state index >= 15 is 0 Å². The number of ether oxygens (including phenoxy) is 4. The van der Waals surface area contributed by atoms with Crippen molar-refractivity contribution in [2.75, 3.05) is 52.9 Å². The lowest BCUT2D eigenvalue weighted by Crippen LogP contribution is -2.46. The third kappa shape index (κ3) is 5.42. The Labute approximate surface area is 142 Å². The van der Waals surface area contributed by atoms with E-state index in [9.17, 15) is 0 Å². The second-order valence-electron chi connectivity index (χ2n) is 8.46. The molecular formula is C19H36O4. The van der Waals surface area contributed by atoms with Crippen LogP contribution in [-0.2, 0) is 18.9 Å². The maximum atomic E-state index is 5.93. The van der Waals surface area contributed by atoms with E-state index in [4.69, 9.17) is 18.9 Å². The maximum Gasteiger partial charge on any atom is 0.0566 e. The molecule has 0 amide bonds. The van der Waals surface area contributed by atoms with Gasteiger partial charge in [-0.3, -0.25) is 0 Å². The van der Waals surface area contributed by atoms with Crippen molar-refractivity contribution in [3.05, 3.63) is 0 Å². The molecule has 0 aromatic carbocycles. The molecule has 0 aromatic heterocycles. The van der Waals surface area contributed by atoms with E-state index in [0.717, 1.165) is 78.5 Å². The molecule has 0 aliphatic carbocycles. The highest BCUT2D eigenvalue weighted by Gasteiger charge is 2.38. The molecule has 0 N–H and O–H groups in total.